The Hall–Kier alpha value is -3.34. The standard InChI is InChI=1S/C29H25Br2ClN2O6/c1-3-10-39-24-9-6-18(11-25(24)38-2)15-34-28(36)22(27(35)33-29(34)37)13-19-12-20(30)14-23(31)26(19)40-16-17-4-7-21(32)8-5-17/h4-9,11-14H,3,10,15-16H2,1-2H3,(H,33,35,37)/b22-13+. The number of benzene rings is 3. The molecule has 208 valence electrons. The minimum Gasteiger partial charge on any atom is -0.493 e. The Bertz CT molecular complexity index is 1480. The average Bonchev–Trinajstić information content (AvgIpc) is 2.92. The first kappa shape index (κ1) is 29.6. The molecule has 4 amide bonds. The highest BCUT2D eigenvalue weighted by atomic mass is 79.9. The van der Waals surface area contributed by atoms with Crippen LogP contribution < -0.4 is 19.5 Å². The van der Waals surface area contributed by atoms with Gasteiger partial charge in [-0.05, 0) is 76.0 Å². The summed E-state index contributed by atoms with van der Waals surface area (Å²) >= 11 is 12.9. The second-order valence-electron chi connectivity index (χ2n) is 8.76. The van der Waals surface area contributed by atoms with E-state index >= 15 is 0 Å². The van der Waals surface area contributed by atoms with Crippen LogP contribution in [-0.4, -0.2) is 36.5 Å². The molecule has 40 heavy (non-hydrogen) atoms. The van der Waals surface area contributed by atoms with Gasteiger partial charge in [-0.1, -0.05) is 52.7 Å². The van der Waals surface area contributed by atoms with Crippen LogP contribution in [0.15, 0.2) is 69.1 Å². The summed E-state index contributed by atoms with van der Waals surface area (Å²) in [5, 5.41) is 2.87. The molecule has 1 fully saturated rings. The fraction of sp³-hybridized carbons (Fsp3) is 0.207. The number of hydrogen-bond acceptors (Lipinski definition) is 6. The molecule has 1 heterocycles. The summed E-state index contributed by atoms with van der Waals surface area (Å²) in [6.07, 6.45) is 2.24. The lowest BCUT2D eigenvalue weighted by Gasteiger charge is -2.27. The van der Waals surface area contributed by atoms with E-state index in [1.165, 1.54) is 13.2 Å². The van der Waals surface area contributed by atoms with E-state index in [4.69, 9.17) is 25.8 Å². The van der Waals surface area contributed by atoms with Gasteiger partial charge in [-0.2, -0.15) is 0 Å². The highest BCUT2D eigenvalue weighted by Crippen LogP contribution is 2.36. The SMILES string of the molecule is CCCOc1ccc(CN2C(=O)NC(=O)/C(=C\c3cc(Br)cc(Br)c3OCc3ccc(Cl)cc3)C2=O)cc1OC. The number of amides is 4. The molecule has 8 nitrogen and oxygen atoms in total. The monoisotopic (exact) mass is 690 g/mol. The van der Waals surface area contributed by atoms with Gasteiger partial charge in [0.05, 0.1) is 24.7 Å². The number of rotatable bonds is 10. The predicted molar refractivity (Wildman–Crippen MR) is 158 cm³/mol. The Balaban J connectivity index is 1.62. The lowest BCUT2D eigenvalue weighted by Crippen LogP contribution is -2.53. The van der Waals surface area contributed by atoms with E-state index in [1.807, 2.05) is 19.1 Å². The van der Waals surface area contributed by atoms with Crippen molar-refractivity contribution in [2.24, 2.45) is 0 Å². The normalized spacial score (nSPS) is 14.4. The topological polar surface area (TPSA) is 94.2 Å². The van der Waals surface area contributed by atoms with Crippen molar-refractivity contribution in [3.05, 3.63) is 90.8 Å². The van der Waals surface area contributed by atoms with Crippen molar-refractivity contribution in [1.29, 1.82) is 0 Å². The molecule has 0 aliphatic carbocycles. The van der Waals surface area contributed by atoms with Gasteiger partial charge in [0.1, 0.15) is 17.9 Å². The van der Waals surface area contributed by atoms with Gasteiger partial charge in [0.2, 0.25) is 0 Å². The Morgan fingerprint density at radius 2 is 1.68 bits per heavy atom. The Labute approximate surface area is 253 Å². The molecule has 0 aromatic heterocycles. The molecule has 0 saturated carbocycles. The largest absolute Gasteiger partial charge is 0.493 e. The van der Waals surface area contributed by atoms with Gasteiger partial charge < -0.3 is 14.2 Å². The van der Waals surface area contributed by atoms with E-state index in [-0.39, 0.29) is 18.7 Å². The zero-order valence-corrected chi connectivity index (χ0v) is 25.6. The average molecular weight is 693 g/mol. The third kappa shape index (κ3) is 7.04. The number of carbonyl (C=O) groups is 3. The molecule has 1 saturated heterocycles. The molecule has 3 aromatic carbocycles. The lowest BCUT2D eigenvalue weighted by atomic mass is 10.1. The molecule has 0 bridgehead atoms. The first-order valence-corrected chi connectivity index (χ1v) is 14.2. The number of carbonyl (C=O) groups excluding carboxylic acids is 3. The van der Waals surface area contributed by atoms with Gasteiger partial charge in [-0.25, -0.2) is 4.79 Å². The molecule has 1 aliphatic heterocycles. The van der Waals surface area contributed by atoms with E-state index in [1.54, 1.807) is 42.5 Å². The fourth-order valence-electron chi connectivity index (χ4n) is 3.89. The quantitative estimate of drug-likeness (QED) is 0.184. The number of nitrogens with zero attached hydrogens (tertiary/aromatic N) is 1. The summed E-state index contributed by atoms with van der Waals surface area (Å²) < 4.78 is 18.5. The van der Waals surface area contributed by atoms with Gasteiger partial charge in [-0.15, -0.1) is 0 Å². The lowest BCUT2D eigenvalue weighted by molar-refractivity contribution is -0.130. The van der Waals surface area contributed by atoms with E-state index in [0.29, 0.717) is 49.0 Å². The first-order valence-electron chi connectivity index (χ1n) is 12.2. The zero-order chi connectivity index (χ0) is 28.8. The Morgan fingerprint density at radius 1 is 0.950 bits per heavy atom. The number of nitrogens with one attached hydrogen (secondary N) is 1. The number of ether oxygens (including phenoxy) is 3. The van der Waals surface area contributed by atoms with Crippen molar-refractivity contribution in [3.63, 3.8) is 0 Å². The second kappa shape index (κ2) is 13.3. The molecule has 0 radical (unpaired) electrons. The van der Waals surface area contributed by atoms with Crippen molar-refractivity contribution in [3.8, 4) is 17.2 Å². The summed E-state index contributed by atoms with van der Waals surface area (Å²) in [7, 11) is 1.51. The number of urea groups is 1. The number of hydrogen-bond donors (Lipinski definition) is 1. The maximum atomic E-state index is 13.5. The van der Waals surface area contributed by atoms with Crippen LogP contribution in [0.25, 0.3) is 6.08 Å². The minimum absolute atomic E-state index is 0.0815. The van der Waals surface area contributed by atoms with Crippen LogP contribution in [0.2, 0.25) is 5.02 Å². The smallest absolute Gasteiger partial charge is 0.331 e. The van der Waals surface area contributed by atoms with Crippen LogP contribution in [0.5, 0.6) is 17.2 Å². The van der Waals surface area contributed by atoms with Crippen molar-refractivity contribution in [2.45, 2.75) is 26.5 Å². The summed E-state index contributed by atoms with van der Waals surface area (Å²) in [5.74, 6) is -0.0819. The number of barbiturate groups is 1. The molecule has 4 rings (SSSR count). The summed E-state index contributed by atoms with van der Waals surface area (Å²) in [4.78, 5) is 39.9. The van der Waals surface area contributed by atoms with Crippen molar-refractivity contribution >= 4 is 67.4 Å². The van der Waals surface area contributed by atoms with Gasteiger partial charge >= 0.3 is 6.03 Å². The van der Waals surface area contributed by atoms with E-state index < -0.39 is 17.8 Å². The Morgan fingerprint density at radius 3 is 2.38 bits per heavy atom. The number of halogens is 3. The third-order valence-electron chi connectivity index (χ3n) is 5.85. The summed E-state index contributed by atoms with van der Waals surface area (Å²) in [6, 6.07) is 15.1. The van der Waals surface area contributed by atoms with Crippen molar-refractivity contribution < 1.29 is 28.6 Å². The summed E-state index contributed by atoms with van der Waals surface area (Å²) in [5.41, 5.74) is 1.75. The molecule has 0 unspecified atom stereocenters. The van der Waals surface area contributed by atoms with Crippen LogP contribution in [-0.2, 0) is 22.7 Å². The molecular formula is C29H25Br2ClN2O6. The molecule has 1 aliphatic rings. The Kier molecular flexibility index (Phi) is 9.89. The van der Waals surface area contributed by atoms with Gasteiger partial charge in [-0.3, -0.25) is 19.8 Å². The van der Waals surface area contributed by atoms with Crippen molar-refractivity contribution in [2.75, 3.05) is 13.7 Å². The molecule has 3 aromatic rings. The van der Waals surface area contributed by atoms with Crippen molar-refractivity contribution in [1.82, 2.24) is 10.2 Å². The van der Waals surface area contributed by atoms with E-state index in [9.17, 15) is 14.4 Å². The molecule has 0 atom stereocenters. The van der Waals surface area contributed by atoms with Crippen LogP contribution in [0.1, 0.15) is 30.0 Å². The van der Waals surface area contributed by atoms with E-state index in [0.717, 1.165) is 16.9 Å². The fourth-order valence-corrected chi connectivity index (χ4v) is 5.39. The maximum absolute atomic E-state index is 13.5. The number of imide groups is 2. The van der Waals surface area contributed by atoms with Gasteiger partial charge in [0, 0.05) is 15.1 Å². The predicted octanol–water partition coefficient (Wildman–Crippen LogP) is 6.90. The third-order valence-corrected chi connectivity index (χ3v) is 7.15. The van der Waals surface area contributed by atoms with Gasteiger partial charge in [0.25, 0.3) is 11.8 Å². The molecular weight excluding hydrogens is 668 g/mol. The van der Waals surface area contributed by atoms with E-state index in [2.05, 4.69) is 37.2 Å². The molecule has 0 spiro atoms. The number of methoxy groups -OCH3 is 1. The summed E-state index contributed by atoms with van der Waals surface area (Å²) in [6.45, 7) is 2.66. The minimum atomic E-state index is -0.813. The van der Waals surface area contributed by atoms with Crippen LogP contribution in [0.3, 0.4) is 0 Å². The molecule has 1 N–H and O–H groups in total. The highest BCUT2D eigenvalue weighted by molar-refractivity contribution is 9.11. The maximum Gasteiger partial charge on any atom is 0.331 e. The van der Waals surface area contributed by atoms with Crippen LogP contribution >= 0.6 is 43.5 Å². The van der Waals surface area contributed by atoms with Gasteiger partial charge in [0.15, 0.2) is 11.5 Å². The van der Waals surface area contributed by atoms with Crippen LogP contribution in [0.4, 0.5) is 4.79 Å². The highest BCUT2D eigenvalue weighted by Gasteiger charge is 2.36. The van der Waals surface area contributed by atoms with Crippen LogP contribution in [0, 0.1) is 0 Å². The first-order chi connectivity index (χ1) is 19.2. The second-order valence-corrected chi connectivity index (χ2v) is 11.0. The zero-order valence-electron chi connectivity index (χ0n) is 21.6. The molecule has 11 heteroatoms.